The smallest absolute Gasteiger partial charge is 0.191 e. The van der Waals surface area contributed by atoms with Gasteiger partial charge in [0.05, 0.1) is 0 Å². The topological polar surface area (TPSA) is 39.7 Å². The Labute approximate surface area is 142 Å². The molecular weight excluding hydrogens is 363 g/mol. The normalized spacial score (nSPS) is 16.6. The van der Waals surface area contributed by atoms with Gasteiger partial charge in [0, 0.05) is 32.2 Å². The summed E-state index contributed by atoms with van der Waals surface area (Å²) in [6.45, 7) is 10.4. The zero-order chi connectivity index (χ0) is 14.1. The third-order valence-electron chi connectivity index (χ3n) is 3.66. The second kappa shape index (κ2) is 11.6. The summed E-state index contributed by atoms with van der Waals surface area (Å²) < 4.78 is 0. The van der Waals surface area contributed by atoms with Crippen molar-refractivity contribution < 1.29 is 0 Å². The standard InChI is InChI=1S/C15H32N4.HI/c1-5-16-15(18-12-13(2)3)17-10-11-19(4)14-8-6-7-9-14;/h13-14H,5-12H2,1-4H3,(H2,16,17,18);1H. The molecule has 1 fully saturated rings. The minimum atomic E-state index is 0. The van der Waals surface area contributed by atoms with Gasteiger partial charge < -0.3 is 15.5 Å². The van der Waals surface area contributed by atoms with Crippen LogP contribution < -0.4 is 10.6 Å². The van der Waals surface area contributed by atoms with Crippen molar-refractivity contribution >= 4 is 29.9 Å². The maximum Gasteiger partial charge on any atom is 0.191 e. The van der Waals surface area contributed by atoms with E-state index in [1.807, 2.05) is 0 Å². The molecule has 0 amide bonds. The summed E-state index contributed by atoms with van der Waals surface area (Å²) in [4.78, 5) is 7.08. The molecule has 0 aromatic heterocycles. The van der Waals surface area contributed by atoms with E-state index in [-0.39, 0.29) is 24.0 Å². The summed E-state index contributed by atoms with van der Waals surface area (Å²) in [6.07, 6.45) is 5.55. The maximum atomic E-state index is 4.58. The monoisotopic (exact) mass is 396 g/mol. The molecule has 1 rings (SSSR count). The van der Waals surface area contributed by atoms with Gasteiger partial charge in [-0.25, -0.2) is 0 Å². The minimum Gasteiger partial charge on any atom is -0.357 e. The Bertz CT molecular complexity index is 263. The van der Waals surface area contributed by atoms with Crippen LogP contribution in [0.2, 0.25) is 0 Å². The summed E-state index contributed by atoms with van der Waals surface area (Å²) in [5.74, 6) is 1.56. The number of nitrogens with zero attached hydrogens (tertiary/aromatic N) is 2. The Kier molecular flexibility index (Phi) is 11.6. The zero-order valence-electron chi connectivity index (χ0n) is 13.6. The number of aliphatic imine (C=N–C) groups is 1. The second-order valence-corrected chi connectivity index (χ2v) is 5.96. The van der Waals surface area contributed by atoms with Gasteiger partial charge in [0.15, 0.2) is 5.96 Å². The molecule has 0 aromatic rings. The average Bonchev–Trinajstić information content (AvgIpc) is 2.89. The first-order valence-corrected chi connectivity index (χ1v) is 7.86. The lowest BCUT2D eigenvalue weighted by atomic mass is 10.2. The van der Waals surface area contributed by atoms with Gasteiger partial charge in [-0.2, -0.15) is 0 Å². The highest BCUT2D eigenvalue weighted by atomic mass is 127. The highest BCUT2D eigenvalue weighted by molar-refractivity contribution is 14.0. The molecule has 120 valence electrons. The van der Waals surface area contributed by atoms with Gasteiger partial charge >= 0.3 is 0 Å². The SMILES string of the molecule is CCNC(=NCC(C)C)NCCN(C)C1CCCC1.I. The van der Waals surface area contributed by atoms with E-state index >= 15 is 0 Å². The van der Waals surface area contributed by atoms with Gasteiger partial charge in [-0.3, -0.25) is 4.99 Å². The second-order valence-electron chi connectivity index (χ2n) is 5.96. The first-order chi connectivity index (χ1) is 9.13. The summed E-state index contributed by atoms with van der Waals surface area (Å²) in [5.41, 5.74) is 0. The number of halogens is 1. The lowest BCUT2D eigenvalue weighted by Gasteiger charge is -2.24. The van der Waals surface area contributed by atoms with Crippen molar-refractivity contribution in [1.82, 2.24) is 15.5 Å². The van der Waals surface area contributed by atoms with E-state index in [2.05, 4.69) is 48.3 Å². The average molecular weight is 396 g/mol. The number of guanidine groups is 1. The first-order valence-electron chi connectivity index (χ1n) is 7.86. The highest BCUT2D eigenvalue weighted by Crippen LogP contribution is 2.21. The van der Waals surface area contributed by atoms with Crippen molar-refractivity contribution in [3.8, 4) is 0 Å². The predicted molar refractivity (Wildman–Crippen MR) is 99.1 cm³/mol. The minimum absolute atomic E-state index is 0. The number of hydrogen-bond acceptors (Lipinski definition) is 2. The molecule has 4 nitrogen and oxygen atoms in total. The van der Waals surface area contributed by atoms with E-state index in [9.17, 15) is 0 Å². The van der Waals surface area contributed by atoms with Crippen molar-refractivity contribution in [3.63, 3.8) is 0 Å². The van der Waals surface area contributed by atoms with Gasteiger partial charge in [-0.05, 0) is 32.7 Å². The van der Waals surface area contributed by atoms with Crippen molar-refractivity contribution in [3.05, 3.63) is 0 Å². The lowest BCUT2D eigenvalue weighted by molar-refractivity contribution is 0.249. The van der Waals surface area contributed by atoms with Crippen LogP contribution in [-0.4, -0.2) is 50.1 Å². The molecule has 0 bridgehead atoms. The molecule has 0 saturated heterocycles. The zero-order valence-corrected chi connectivity index (χ0v) is 15.9. The van der Waals surface area contributed by atoms with Crippen molar-refractivity contribution in [2.75, 3.05) is 33.2 Å². The number of rotatable bonds is 7. The first kappa shape index (κ1) is 20.0. The van der Waals surface area contributed by atoms with Crippen LogP contribution in [0.5, 0.6) is 0 Å². The molecule has 0 spiro atoms. The van der Waals surface area contributed by atoms with E-state index in [4.69, 9.17) is 0 Å². The van der Waals surface area contributed by atoms with Gasteiger partial charge in [0.1, 0.15) is 0 Å². The molecule has 0 radical (unpaired) electrons. The van der Waals surface area contributed by atoms with Gasteiger partial charge in [0.25, 0.3) is 0 Å². The fourth-order valence-corrected chi connectivity index (χ4v) is 2.49. The number of nitrogens with one attached hydrogen (secondary N) is 2. The summed E-state index contributed by atoms with van der Waals surface area (Å²) in [7, 11) is 2.25. The van der Waals surface area contributed by atoms with E-state index in [0.29, 0.717) is 5.92 Å². The lowest BCUT2D eigenvalue weighted by Crippen LogP contribution is -2.42. The molecular formula is C15H33IN4. The largest absolute Gasteiger partial charge is 0.357 e. The molecule has 20 heavy (non-hydrogen) atoms. The summed E-state index contributed by atoms with van der Waals surface area (Å²) >= 11 is 0. The van der Waals surface area contributed by atoms with Crippen LogP contribution in [0.1, 0.15) is 46.5 Å². The molecule has 1 aliphatic rings. The van der Waals surface area contributed by atoms with Crippen LogP contribution in [0.25, 0.3) is 0 Å². The van der Waals surface area contributed by atoms with Gasteiger partial charge in [-0.15, -0.1) is 24.0 Å². The Hall–Kier alpha value is -0.0400. The quantitative estimate of drug-likeness (QED) is 0.395. The van der Waals surface area contributed by atoms with Crippen LogP contribution in [0.3, 0.4) is 0 Å². The Morgan fingerprint density at radius 3 is 2.45 bits per heavy atom. The highest BCUT2D eigenvalue weighted by Gasteiger charge is 2.18. The van der Waals surface area contributed by atoms with Gasteiger partial charge in [-0.1, -0.05) is 26.7 Å². The molecule has 1 saturated carbocycles. The molecule has 0 aromatic carbocycles. The van der Waals surface area contributed by atoms with Crippen molar-refractivity contribution in [2.45, 2.75) is 52.5 Å². The van der Waals surface area contributed by atoms with E-state index < -0.39 is 0 Å². The molecule has 5 heteroatoms. The van der Waals surface area contributed by atoms with Crippen LogP contribution in [-0.2, 0) is 0 Å². The van der Waals surface area contributed by atoms with Crippen LogP contribution in [0.15, 0.2) is 4.99 Å². The molecule has 2 N–H and O–H groups in total. The molecule has 0 aliphatic heterocycles. The molecule has 0 atom stereocenters. The van der Waals surface area contributed by atoms with E-state index in [1.165, 1.54) is 25.7 Å². The molecule has 0 unspecified atom stereocenters. The Morgan fingerprint density at radius 2 is 1.90 bits per heavy atom. The van der Waals surface area contributed by atoms with Crippen molar-refractivity contribution in [1.29, 1.82) is 0 Å². The third kappa shape index (κ3) is 8.29. The fourth-order valence-electron chi connectivity index (χ4n) is 2.49. The van der Waals surface area contributed by atoms with E-state index in [1.54, 1.807) is 0 Å². The van der Waals surface area contributed by atoms with Crippen LogP contribution in [0.4, 0.5) is 0 Å². The summed E-state index contributed by atoms with van der Waals surface area (Å²) in [5, 5.41) is 6.73. The Balaban J connectivity index is 0.00000361. The fraction of sp³-hybridized carbons (Fsp3) is 0.933. The molecule has 1 aliphatic carbocycles. The predicted octanol–water partition coefficient (Wildman–Crippen LogP) is 2.69. The third-order valence-corrected chi connectivity index (χ3v) is 3.66. The Morgan fingerprint density at radius 1 is 1.25 bits per heavy atom. The maximum absolute atomic E-state index is 4.58. The number of hydrogen-bond donors (Lipinski definition) is 2. The molecule has 0 heterocycles. The van der Waals surface area contributed by atoms with Crippen molar-refractivity contribution in [2.24, 2.45) is 10.9 Å². The van der Waals surface area contributed by atoms with Crippen LogP contribution in [0, 0.1) is 5.92 Å². The van der Waals surface area contributed by atoms with Crippen LogP contribution >= 0.6 is 24.0 Å². The van der Waals surface area contributed by atoms with E-state index in [0.717, 1.165) is 38.2 Å². The summed E-state index contributed by atoms with van der Waals surface area (Å²) in [6, 6.07) is 0.803. The number of likely N-dealkylation sites (N-methyl/N-ethyl adjacent to an activating group) is 1. The van der Waals surface area contributed by atoms with Gasteiger partial charge in [0.2, 0.25) is 0 Å².